The minimum atomic E-state index is -0.823. The average molecular weight is 1060 g/mol. The van der Waals surface area contributed by atoms with Crippen LogP contribution in [0.4, 0.5) is 11.6 Å². The molecule has 0 aliphatic heterocycles. The third-order valence-corrected chi connectivity index (χ3v) is 12.5. The molecule has 0 fully saturated rings. The Morgan fingerprint density at radius 1 is 0.606 bits per heavy atom. The Kier molecular flexibility index (Phi) is 14.4. The highest BCUT2D eigenvalue weighted by atomic mass is 127. The molecule has 0 unspecified atom stereocenters. The number of nitrogens with two attached hydrogens (primary N) is 2. The molecule has 0 aliphatic carbocycles. The van der Waals surface area contributed by atoms with Gasteiger partial charge in [0.05, 0.1) is 46.0 Å². The highest BCUT2D eigenvalue weighted by molar-refractivity contribution is 14.1. The van der Waals surface area contributed by atoms with Crippen molar-refractivity contribution in [1.82, 2.24) is 48.6 Å². The summed E-state index contributed by atoms with van der Waals surface area (Å²) in [5, 5.41) is 31.4. The van der Waals surface area contributed by atoms with E-state index in [4.69, 9.17) is 16.6 Å². The van der Waals surface area contributed by atoms with Gasteiger partial charge in [-0.05, 0) is 127 Å². The van der Waals surface area contributed by atoms with Crippen molar-refractivity contribution in [2.24, 2.45) is 0 Å². The van der Waals surface area contributed by atoms with Crippen LogP contribution in [0.3, 0.4) is 0 Å². The van der Waals surface area contributed by atoms with Gasteiger partial charge in [-0.2, -0.15) is 10.2 Å². The number of aliphatic hydroxyl groups excluding tert-OH is 2. The molecule has 6 aromatic heterocycles. The van der Waals surface area contributed by atoms with Gasteiger partial charge in [0.15, 0.2) is 11.3 Å². The molecule has 6 N–H and O–H groups in total. The minimum absolute atomic E-state index is 0.0415. The van der Waals surface area contributed by atoms with Gasteiger partial charge in [0.25, 0.3) is 11.1 Å². The van der Waals surface area contributed by atoms with Crippen LogP contribution in [0.5, 0.6) is 0 Å². The quantitative estimate of drug-likeness (QED) is 0.0968. The SMILES string of the molecule is C#C[C@@H](C)O.Cc1ccccc1-n1c(Cn2nc(C#C[C@@H](C)O)c3c(N)ncnc32)cc2cccc(C)c2c1=O.Cc1ccccc1-n1c(Cn2nc(I)c3c(N)ncnc32)cc2cccc(C)c2c1=O. The van der Waals surface area contributed by atoms with E-state index in [1.165, 1.54) is 12.7 Å². The number of fused-ring (bicyclic) bond motifs is 4. The van der Waals surface area contributed by atoms with Crippen LogP contribution in [0.15, 0.2) is 119 Å². The predicted octanol–water partition coefficient (Wildman–Crippen LogP) is 7.09. The fourth-order valence-electron chi connectivity index (χ4n) is 8.37. The molecular formula is C54H49IN12O4. The van der Waals surface area contributed by atoms with Gasteiger partial charge < -0.3 is 21.7 Å². The molecule has 0 radical (unpaired) electrons. The smallest absolute Gasteiger partial charge is 0.263 e. The van der Waals surface area contributed by atoms with Crippen LogP contribution in [0.1, 0.15) is 53.2 Å². The van der Waals surface area contributed by atoms with Crippen LogP contribution in [-0.2, 0) is 13.1 Å². The Labute approximate surface area is 421 Å². The van der Waals surface area contributed by atoms with E-state index < -0.39 is 12.2 Å². The van der Waals surface area contributed by atoms with E-state index in [1.807, 2.05) is 119 Å². The summed E-state index contributed by atoms with van der Waals surface area (Å²) in [6.07, 6.45) is 6.07. The highest BCUT2D eigenvalue weighted by Gasteiger charge is 2.21. The summed E-state index contributed by atoms with van der Waals surface area (Å²) in [5.41, 5.74) is 20.7. The Morgan fingerprint density at radius 2 is 1.04 bits per heavy atom. The zero-order valence-electron chi connectivity index (χ0n) is 39.8. The zero-order chi connectivity index (χ0) is 50.7. The number of nitrogen functional groups attached to an aromatic ring is 2. The third kappa shape index (κ3) is 9.97. The van der Waals surface area contributed by atoms with E-state index in [0.29, 0.717) is 40.1 Å². The Morgan fingerprint density at radius 3 is 1.51 bits per heavy atom. The lowest BCUT2D eigenvalue weighted by Gasteiger charge is -2.17. The van der Waals surface area contributed by atoms with E-state index in [9.17, 15) is 14.7 Å². The molecule has 0 spiro atoms. The first-order valence-corrected chi connectivity index (χ1v) is 23.5. The fourth-order valence-corrected chi connectivity index (χ4v) is 9.15. The number of pyridine rings is 2. The first-order valence-electron chi connectivity index (χ1n) is 22.4. The van der Waals surface area contributed by atoms with Crippen LogP contribution < -0.4 is 22.6 Å². The summed E-state index contributed by atoms with van der Waals surface area (Å²) < 4.78 is 7.71. The molecule has 0 saturated heterocycles. The van der Waals surface area contributed by atoms with Crippen molar-refractivity contribution in [1.29, 1.82) is 0 Å². The number of rotatable bonds is 6. The number of hydrogen-bond acceptors (Lipinski definition) is 12. The van der Waals surface area contributed by atoms with Crippen molar-refractivity contribution in [3.8, 4) is 35.6 Å². The number of benzene rings is 4. The molecule has 0 bridgehead atoms. The average Bonchev–Trinajstić information content (AvgIpc) is 3.86. The number of aliphatic hydroxyl groups is 2. The summed E-state index contributed by atoms with van der Waals surface area (Å²) in [6, 6.07) is 31.5. The second-order valence-corrected chi connectivity index (χ2v) is 17.9. The number of para-hydroxylation sites is 2. The number of anilines is 2. The molecule has 2 atom stereocenters. The van der Waals surface area contributed by atoms with Gasteiger partial charge in [0.2, 0.25) is 0 Å². The molecule has 10 rings (SSSR count). The van der Waals surface area contributed by atoms with Crippen LogP contribution in [0, 0.1) is 55.6 Å². The van der Waals surface area contributed by atoms with Gasteiger partial charge in [0.1, 0.15) is 45.9 Å². The topological polar surface area (TPSA) is 224 Å². The lowest BCUT2D eigenvalue weighted by molar-refractivity contribution is 0.253. The molecule has 0 amide bonds. The van der Waals surface area contributed by atoms with Crippen molar-refractivity contribution in [3.05, 3.63) is 173 Å². The summed E-state index contributed by atoms with van der Waals surface area (Å²) in [5.74, 6) is 8.31. The van der Waals surface area contributed by atoms with Gasteiger partial charge >= 0.3 is 0 Å². The largest absolute Gasteiger partial charge is 0.383 e. The molecule has 10 aromatic rings. The summed E-state index contributed by atoms with van der Waals surface area (Å²) in [7, 11) is 0. The maximum Gasteiger partial charge on any atom is 0.263 e. The Balaban J connectivity index is 0.000000175. The second kappa shape index (κ2) is 20.8. The summed E-state index contributed by atoms with van der Waals surface area (Å²) in [6.45, 7) is 11.6. The van der Waals surface area contributed by atoms with E-state index in [0.717, 1.165) is 70.3 Å². The predicted molar refractivity (Wildman–Crippen MR) is 288 cm³/mol. The van der Waals surface area contributed by atoms with Gasteiger partial charge in [-0.1, -0.05) is 84.6 Å². The number of hydrogen-bond donors (Lipinski definition) is 4. The van der Waals surface area contributed by atoms with Crippen molar-refractivity contribution < 1.29 is 10.2 Å². The molecule has 0 aliphatic rings. The van der Waals surface area contributed by atoms with Crippen molar-refractivity contribution in [2.75, 3.05) is 11.5 Å². The normalized spacial score (nSPS) is 11.8. The number of aromatic nitrogens is 10. The van der Waals surface area contributed by atoms with E-state index in [-0.39, 0.29) is 23.5 Å². The van der Waals surface area contributed by atoms with Gasteiger partial charge in [0, 0.05) is 11.4 Å². The molecular weight excluding hydrogens is 1010 g/mol. The van der Waals surface area contributed by atoms with Gasteiger partial charge in [-0.3, -0.25) is 18.7 Å². The standard InChI is InChI=1S/C27H24N6O2.C23H19IN6O.C4H6O/c1-16-7-4-5-10-22(16)33-20(13-19-9-6-8-17(2)23(19)27(33)35)14-32-26-24(25(28)29-15-30-26)21(31-32)12-11-18(3)34;1-13-6-3-4-9-17(13)30-16(10-15-8-5-7-14(2)18(15)23(30)31)11-29-22-19(20(24)28-29)21(25)26-12-27-22;1-3-4(2)5/h4-10,13,15,18,34H,14H2,1-3H3,(H2,28,29,30);3-10,12H,11H2,1-2H3,(H2,25,26,27);1,4-5H,2H3/t18-;;4-/m1.1/s1. The van der Waals surface area contributed by atoms with Gasteiger partial charge in [-0.25, -0.2) is 29.3 Å². The lowest BCUT2D eigenvalue weighted by Crippen LogP contribution is -2.25. The third-order valence-electron chi connectivity index (χ3n) is 11.7. The van der Waals surface area contributed by atoms with Crippen LogP contribution in [-0.4, -0.2) is 71.1 Å². The number of nitrogens with zero attached hydrogens (tertiary/aromatic N) is 10. The summed E-state index contributed by atoms with van der Waals surface area (Å²) in [4.78, 5) is 44.5. The van der Waals surface area contributed by atoms with E-state index in [2.05, 4.69) is 83.0 Å². The van der Waals surface area contributed by atoms with E-state index in [1.54, 1.807) is 32.3 Å². The van der Waals surface area contributed by atoms with Crippen LogP contribution in [0.25, 0.3) is 55.0 Å². The second-order valence-electron chi connectivity index (χ2n) is 16.9. The minimum Gasteiger partial charge on any atom is -0.383 e. The molecule has 0 saturated carbocycles. The monoisotopic (exact) mass is 1060 g/mol. The maximum atomic E-state index is 13.9. The first-order chi connectivity index (χ1) is 34.1. The van der Waals surface area contributed by atoms with Gasteiger partial charge in [-0.15, -0.1) is 6.42 Å². The molecule has 6 heterocycles. The molecule has 17 heteroatoms. The van der Waals surface area contributed by atoms with Crippen LogP contribution >= 0.6 is 22.6 Å². The summed E-state index contributed by atoms with van der Waals surface area (Å²) >= 11 is 2.14. The van der Waals surface area contributed by atoms with Crippen LogP contribution in [0.2, 0.25) is 0 Å². The Hall–Kier alpha value is -8.23. The van der Waals surface area contributed by atoms with Crippen molar-refractivity contribution >= 4 is 77.8 Å². The molecule has 16 nitrogen and oxygen atoms in total. The lowest BCUT2D eigenvalue weighted by atomic mass is 10.1. The van der Waals surface area contributed by atoms with Crippen molar-refractivity contribution in [3.63, 3.8) is 0 Å². The molecule has 356 valence electrons. The highest BCUT2D eigenvalue weighted by Crippen LogP contribution is 2.27. The zero-order valence-corrected chi connectivity index (χ0v) is 41.9. The number of terminal acetylenes is 1. The fraction of sp³-hybridized carbons (Fsp3) is 0.185. The molecule has 4 aromatic carbocycles. The first kappa shape index (κ1) is 49.2. The Bertz CT molecular complexity index is 3910. The number of halogens is 1. The maximum absolute atomic E-state index is 13.9. The molecule has 71 heavy (non-hydrogen) atoms. The van der Waals surface area contributed by atoms with Crippen molar-refractivity contribution in [2.45, 2.75) is 66.8 Å². The number of aryl methyl sites for hydroxylation is 4. The van der Waals surface area contributed by atoms with E-state index >= 15 is 0 Å².